The van der Waals surface area contributed by atoms with Crippen LogP contribution in [0.25, 0.3) is 11.3 Å². The van der Waals surface area contributed by atoms with Gasteiger partial charge in [0.25, 0.3) is 5.91 Å². The molecule has 0 spiro atoms. The van der Waals surface area contributed by atoms with Gasteiger partial charge in [-0.25, -0.2) is 0 Å². The number of benzene rings is 1. The largest absolute Gasteiger partial charge is 0.355 e. The van der Waals surface area contributed by atoms with Crippen molar-refractivity contribution in [1.29, 1.82) is 0 Å². The Morgan fingerprint density at radius 1 is 1.30 bits per heavy atom. The second-order valence-electron chi connectivity index (χ2n) is 5.22. The Hall–Kier alpha value is -2.89. The third-order valence-corrected chi connectivity index (χ3v) is 3.61. The minimum atomic E-state index is -0.264. The van der Waals surface area contributed by atoms with Gasteiger partial charge in [0.05, 0.1) is 5.69 Å². The Bertz CT molecular complexity index is 805. The Morgan fingerprint density at radius 2 is 2.09 bits per heavy atom. The molecule has 0 aliphatic carbocycles. The van der Waals surface area contributed by atoms with Crippen molar-refractivity contribution in [3.8, 4) is 11.3 Å². The summed E-state index contributed by atoms with van der Waals surface area (Å²) in [7, 11) is 0. The van der Waals surface area contributed by atoms with Crippen LogP contribution in [0, 0.1) is 6.92 Å². The first-order valence-electron chi connectivity index (χ1n) is 7.50. The normalized spacial score (nSPS) is 10.7. The van der Waals surface area contributed by atoms with E-state index in [1.165, 1.54) is 0 Å². The van der Waals surface area contributed by atoms with Crippen molar-refractivity contribution in [2.24, 2.45) is 0 Å². The van der Waals surface area contributed by atoms with Crippen molar-refractivity contribution in [3.05, 3.63) is 59.5 Å². The van der Waals surface area contributed by atoms with Crippen LogP contribution in [0.2, 0.25) is 0 Å². The number of carbonyl (C=O) groups is 1. The van der Waals surface area contributed by atoms with Gasteiger partial charge in [-0.2, -0.15) is 5.10 Å². The Kier molecular flexibility index (Phi) is 4.23. The second kappa shape index (κ2) is 6.48. The predicted octanol–water partition coefficient (Wildman–Crippen LogP) is 2.80. The highest BCUT2D eigenvalue weighted by atomic mass is 16.5. The molecule has 6 nitrogen and oxygen atoms in total. The Labute approximate surface area is 134 Å². The Morgan fingerprint density at radius 3 is 2.78 bits per heavy atom. The van der Waals surface area contributed by atoms with E-state index < -0.39 is 0 Å². The van der Waals surface area contributed by atoms with Gasteiger partial charge in [-0.15, -0.1) is 0 Å². The van der Waals surface area contributed by atoms with Gasteiger partial charge < -0.3 is 9.84 Å². The molecule has 1 N–H and O–H groups in total. The molecule has 0 saturated carbocycles. The van der Waals surface area contributed by atoms with Crippen LogP contribution in [0.1, 0.15) is 28.7 Å². The molecule has 23 heavy (non-hydrogen) atoms. The molecule has 118 valence electrons. The van der Waals surface area contributed by atoms with Gasteiger partial charge in [-0.05, 0) is 13.8 Å². The van der Waals surface area contributed by atoms with E-state index in [0.717, 1.165) is 23.4 Å². The summed E-state index contributed by atoms with van der Waals surface area (Å²) < 4.78 is 7.09. The summed E-state index contributed by atoms with van der Waals surface area (Å²) in [6.45, 7) is 5.17. The number of aromatic nitrogens is 3. The van der Waals surface area contributed by atoms with E-state index in [9.17, 15) is 4.79 Å². The fraction of sp³-hybridized carbons (Fsp3) is 0.235. The zero-order chi connectivity index (χ0) is 16.2. The third kappa shape index (κ3) is 3.31. The van der Waals surface area contributed by atoms with Crippen LogP contribution in [0.4, 0.5) is 0 Å². The van der Waals surface area contributed by atoms with Crippen molar-refractivity contribution in [1.82, 2.24) is 20.3 Å². The van der Waals surface area contributed by atoms with Crippen molar-refractivity contribution in [2.75, 3.05) is 0 Å². The van der Waals surface area contributed by atoms with E-state index >= 15 is 0 Å². The maximum atomic E-state index is 12.2. The first kappa shape index (κ1) is 15.0. The molecule has 0 bridgehead atoms. The fourth-order valence-corrected chi connectivity index (χ4v) is 2.28. The topological polar surface area (TPSA) is 73.0 Å². The maximum absolute atomic E-state index is 12.2. The van der Waals surface area contributed by atoms with E-state index in [1.54, 1.807) is 6.07 Å². The summed E-state index contributed by atoms with van der Waals surface area (Å²) in [4.78, 5) is 12.2. The standard InChI is InChI=1S/C17H18N4O2/c1-3-21-11-14(12(2)19-21)10-18-17(22)15-9-16(23-20-15)13-7-5-4-6-8-13/h4-9,11H,3,10H2,1-2H3,(H,18,22). The number of hydrogen-bond acceptors (Lipinski definition) is 4. The van der Waals surface area contributed by atoms with Crippen LogP contribution in [0.5, 0.6) is 0 Å². The Balaban J connectivity index is 1.67. The molecule has 1 amide bonds. The van der Waals surface area contributed by atoms with Gasteiger partial charge in [0, 0.05) is 36.5 Å². The van der Waals surface area contributed by atoms with Gasteiger partial charge >= 0.3 is 0 Å². The van der Waals surface area contributed by atoms with Crippen LogP contribution in [-0.2, 0) is 13.1 Å². The average molecular weight is 310 g/mol. The van der Waals surface area contributed by atoms with Crippen LogP contribution >= 0.6 is 0 Å². The number of hydrogen-bond donors (Lipinski definition) is 1. The quantitative estimate of drug-likeness (QED) is 0.786. The van der Waals surface area contributed by atoms with E-state index in [1.807, 2.05) is 55.1 Å². The molecule has 0 aliphatic heterocycles. The van der Waals surface area contributed by atoms with Crippen LogP contribution in [0.3, 0.4) is 0 Å². The smallest absolute Gasteiger partial charge is 0.273 e. The summed E-state index contributed by atoms with van der Waals surface area (Å²) in [5, 5.41) is 11.0. The van der Waals surface area contributed by atoms with Crippen LogP contribution < -0.4 is 5.32 Å². The molecule has 0 fully saturated rings. The monoisotopic (exact) mass is 310 g/mol. The van der Waals surface area contributed by atoms with Gasteiger partial charge in [0.15, 0.2) is 11.5 Å². The lowest BCUT2D eigenvalue weighted by atomic mass is 10.1. The van der Waals surface area contributed by atoms with Crippen molar-refractivity contribution in [3.63, 3.8) is 0 Å². The lowest BCUT2D eigenvalue weighted by Gasteiger charge is -2.00. The molecule has 3 rings (SSSR count). The first-order chi connectivity index (χ1) is 11.2. The summed E-state index contributed by atoms with van der Waals surface area (Å²) in [5.41, 5.74) is 3.06. The van der Waals surface area contributed by atoms with E-state index in [0.29, 0.717) is 12.3 Å². The number of nitrogens with zero attached hydrogens (tertiary/aromatic N) is 3. The molecule has 0 aliphatic rings. The highest BCUT2D eigenvalue weighted by Crippen LogP contribution is 2.19. The lowest BCUT2D eigenvalue weighted by molar-refractivity contribution is 0.0942. The molecule has 2 heterocycles. The fourth-order valence-electron chi connectivity index (χ4n) is 2.28. The molecule has 1 aromatic carbocycles. The molecule has 6 heteroatoms. The highest BCUT2D eigenvalue weighted by molar-refractivity contribution is 5.93. The average Bonchev–Trinajstić information content (AvgIpc) is 3.20. The summed E-state index contributed by atoms with van der Waals surface area (Å²) >= 11 is 0. The number of nitrogens with one attached hydrogen (secondary N) is 1. The van der Waals surface area contributed by atoms with E-state index in [-0.39, 0.29) is 11.6 Å². The third-order valence-electron chi connectivity index (χ3n) is 3.61. The van der Waals surface area contributed by atoms with Crippen molar-refractivity contribution < 1.29 is 9.32 Å². The summed E-state index contributed by atoms with van der Waals surface area (Å²) in [6.07, 6.45) is 1.94. The molecule has 0 atom stereocenters. The van der Waals surface area contributed by atoms with Crippen molar-refractivity contribution in [2.45, 2.75) is 26.9 Å². The first-order valence-corrected chi connectivity index (χ1v) is 7.50. The number of aryl methyl sites for hydroxylation is 2. The van der Waals surface area contributed by atoms with Crippen molar-refractivity contribution >= 4 is 5.91 Å². The minimum Gasteiger partial charge on any atom is -0.355 e. The lowest BCUT2D eigenvalue weighted by Crippen LogP contribution is -2.23. The van der Waals surface area contributed by atoms with E-state index in [4.69, 9.17) is 4.52 Å². The summed E-state index contributed by atoms with van der Waals surface area (Å²) in [6, 6.07) is 11.2. The van der Waals surface area contributed by atoms with Crippen LogP contribution in [-0.4, -0.2) is 20.8 Å². The number of carbonyl (C=O) groups excluding carboxylic acids is 1. The molecule has 2 aromatic heterocycles. The van der Waals surface area contributed by atoms with Gasteiger partial charge in [0.1, 0.15) is 0 Å². The van der Waals surface area contributed by atoms with Gasteiger partial charge in [-0.3, -0.25) is 9.48 Å². The van der Waals surface area contributed by atoms with Gasteiger partial charge in [0.2, 0.25) is 0 Å². The minimum absolute atomic E-state index is 0.264. The highest BCUT2D eigenvalue weighted by Gasteiger charge is 2.14. The molecule has 3 aromatic rings. The molecule has 0 unspecified atom stereocenters. The zero-order valence-corrected chi connectivity index (χ0v) is 13.1. The van der Waals surface area contributed by atoms with Crippen LogP contribution in [0.15, 0.2) is 47.1 Å². The second-order valence-corrected chi connectivity index (χ2v) is 5.22. The molecule has 0 radical (unpaired) electrons. The van der Waals surface area contributed by atoms with E-state index in [2.05, 4.69) is 15.6 Å². The number of rotatable bonds is 5. The predicted molar refractivity (Wildman–Crippen MR) is 85.7 cm³/mol. The molecular weight excluding hydrogens is 292 g/mol. The maximum Gasteiger partial charge on any atom is 0.273 e. The molecular formula is C17H18N4O2. The van der Waals surface area contributed by atoms with Gasteiger partial charge in [-0.1, -0.05) is 35.5 Å². The number of amides is 1. The molecule has 0 saturated heterocycles. The summed E-state index contributed by atoms with van der Waals surface area (Å²) in [5.74, 6) is 0.310. The SMILES string of the molecule is CCn1cc(CNC(=O)c2cc(-c3ccccc3)on2)c(C)n1. The zero-order valence-electron chi connectivity index (χ0n) is 13.1.